The maximum Gasteiger partial charge on any atom is 0.350 e. The number of esters is 1. The van der Waals surface area contributed by atoms with Crippen molar-refractivity contribution >= 4 is 22.4 Å². The molecule has 96 valence electrons. The number of ether oxygens (including phenoxy) is 1. The minimum absolute atomic E-state index is 0.00366. The molecular formula is C12H14N2O3S. The molecule has 0 bridgehead atoms. The first kappa shape index (κ1) is 12.6. The lowest BCUT2D eigenvalue weighted by Crippen LogP contribution is -2.04. The number of furan rings is 1. The summed E-state index contributed by atoms with van der Waals surface area (Å²) in [5, 5.41) is 3.87. The van der Waals surface area contributed by atoms with Gasteiger partial charge >= 0.3 is 5.97 Å². The standard InChI is InChI=1S/C12H14N2O3S/c1-7(9-5-4-6-17-9)13-12-14-8(2)10(18-12)11(15)16-3/h4-7H,1-3H3,(H,13,14). The largest absolute Gasteiger partial charge is 0.467 e. The van der Waals surface area contributed by atoms with Gasteiger partial charge in [-0.3, -0.25) is 0 Å². The van der Waals surface area contributed by atoms with E-state index in [1.807, 2.05) is 19.1 Å². The topological polar surface area (TPSA) is 64.4 Å². The molecule has 0 aromatic carbocycles. The van der Waals surface area contributed by atoms with Gasteiger partial charge in [0.25, 0.3) is 0 Å². The molecular weight excluding hydrogens is 252 g/mol. The second-order valence-corrected chi connectivity index (χ2v) is 4.81. The predicted molar refractivity (Wildman–Crippen MR) is 68.9 cm³/mol. The van der Waals surface area contributed by atoms with Crippen LogP contribution in [0.3, 0.4) is 0 Å². The van der Waals surface area contributed by atoms with Crippen LogP contribution in [0.4, 0.5) is 5.13 Å². The Bertz CT molecular complexity index is 534. The molecule has 6 heteroatoms. The van der Waals surface area contributed by atoms with Crippen LogP contribution in [0.2, 0.25) is 0 Å². The van der Waals surface area contributed by atoms with Crippen LogP contribution < -0.4 is 5.32 Å². The molecule has 2 heterocycles. The molecule has 1 unspecified atom stereocenters. The van der Waals surface area contributed by atoms with Gasteiger partial charge in [-0.15, -0.1) is 0 Å². The van der Waals surface area contributed by atoms with Gasteiger partial charge in [0.1, 0.15) is 10.6 Å². The van der Waals surface area contributed by atoms with E-state index in [0.29, 0.717) is 15.7 Å². The van der Waals surface area contributed by atoms with Gasteiger partial charge in [0, 0.05) is 0 Å². The van der Waals surface area contributed by atoms with Gasteiger partial charge < -0.3 is 14.5 Å². The number of rotatable bonds is 4. The van der Waals surface area contributed by atoms with E-state index >= 15 is 0 Å². The van der Waals surface area contributed by atoms with Gasteiger partial charge in [0.05, 0.1) is 25.1 Å². The number of nitrogens with zero attached hydrogens (tertiary/aromatic N) is 1. The number of aryl methyl sites for hydroxylation is 1. The number of carbonyl (C=O) groups is 1. The summed E-state index contributed by atoms with van der Waals surface area (Å²) in [6.45, 7) is 3.75. The zero-order chi connectivity index (χ0) is 13.1. The summed E-state index contributed by atoms with van der Waals surface area (Å²) < 4.78 is 9.99. The van der Waals surface area contributed by atoms with E-state index < -0.39 is 0 Å². The van der Waals surface area contributed by atoms with Crippen LogP contribution in [0.5, 0.6) is 0 Å². The van der Waals surface area contributed by atoms with Crippen LogP contribution in [0.15, 0.2) is 22.8 Å². The molecule has 0 spiro atoms. The van der Waals surface area contributed by atoms with E-state index in [9.17, 15) is 4.79 Å². The van der Waals surface area contributed by atoms with Gasteiger partial charge in [-0.25, -0.2) is 9.78 Å². The summed E-state index contributed by atoms with van der Waals surface area (Å²) in [6.07, 6.45) is 1.63. The minimum atomic E-state index is -0.358. The Morgan fingerprint density at radius 2 is 2.39 bits per heavy atom. The van der Waals surface area contributed by atoms with Gasteiger partial charge in [0.15, 0.2) is 5.13 Å². The lowest BCUT2D eigenvalue weighted by atomic mass is 10.3. The van der Waals surface area contributed by atoms with E-state index in [1.165, 1.54) is 18.4 Å². The van der Waals surface area contributed by atoms with Crippen LogP contribution in [0.1, 0.15) is 34.1 Å². The van der Waals surface area contributed by atoms with Crippen LogP contribution in [0, 0.1) is 6.92 Å². The first-order valence-electron chi connectivity index (χ1n) is 5.47. The van der Waals surface area contributed by atoms with Gasteiger partial charge in [-0.1, -0.05) is 11.3 Å². The van der Waals surface area contributed by atoms with Crippen molar-refractivity contribution in [3.05, 3.63) is 34.7 Å². The Morgan fingerprint density at radius 3 is 3.00 bits per heavy atom. The normalized spacial score (nSPS) is 12.2. The Kier molecular flexibility index (Phi) is 3.66. The highest BCUT2D eigenvalue weighted by Crippen LogP contribution is 2.27. The monoisotopic (exact) mass is 266 g/mol. The van der Waals surface area contributed by atoms with Crippen molar-refractivity contribution < 1.29 is 13.9 Å². The molecule has 0 aliphatic heterocycles. The van der Waals surface area contributed by atoms with Crippen LogP contribution >= 0.6 is 11.3 Å². The average Bonchev–Trinajstić information content (AvgIpc) is 2.97. The SMILES string of the molecule is COC(=O)c1sc(NC(C)c2ccco2)nc1C. The van der Waals surface area contributed by atoms with Crippen molar-refractivity contribution in [2.24, 2.45) is 0 Å². The fraction of sp³-hybridized carbons (Fsp3) is 0.333. The third-order valence-electron chi connectivity index (χ3n) is 2.48. The molecule has 0 aliphatic rings. The molecule has 0 amide bonds. The van der Waals surface area contributed by atoms with Crippen molar-refractivity contribution in [2.75, 3.05) is 12.4 Å². The number of anilines is 1. The molecule has 0 saturated carbocycles. The zero-order valence-electron chi connectivity index (χ0n) is 10.4. The Labute approximate surface area is 109 Å². The summed E-state index contributed by atoms with van der Waals surface area (Å²) in [5.41, 5.74) is 0.668. The number of methoxy groups -OCH3 is 1. The van der Waals surface area contributed by atoms with Crippen molar-refractivity contribution in [3.63, 3.8) is 0 Å². The highest BCUT2D eigenvalue weighted by molar-refractivity contribution is 7.17. The Balaban J connectivity index is 2.13. The molecule has 0 radical (unpaired) electrons. The molecule has 1 atom stereocenters. The fourth-order valence-corrected chi connectivity index (χ4v) is 2.51. The number of hydrogen-bond donors (Lipinski definition) is 1. The van der Waals surface area contributed by atoms with E-state index in [-0.39, 0.29) is 12.0 Å². The summed E-state index contributed by atoms with van der Waals surface area (Å²) in [7, 11) is 1.36. The maximum absolute atomic E-state index is 11.5. The van der Waals surface area contributed by atoms with E-state index in [1.54, 1.807) is 13.2 Å². The smallest absolute Gasteiger partial charge is 0.350 e. The quantitative estimate of drug-likeness (QED) is 0.862. The molecule has 0 saturated heterocycles. The van der Waals surface area contributed by atoms with Gasteiger partial charge in [-0.05, 0) is 26.0 Å². The van der Waals surface area contributed by atoms with Crippen LogP contribution in [-0.2, 0) is 4.74 Å². The van der Waals surface area contributed by atoms with E-state index in [0.717, 1.165) is 5.76 Å². The number of hydrogen-bond acceptors (Lipinski definition) is 6. The second kappa shape index (κ2) is 5.22. The molecule has 2 aromatic rings. The lowest BCUT2D eigenvalue weighted by molar-refractivity contribution is 0.0605. The molecule has 1 N–H and O–H groups in total. The number of nitrogens with one attached hydrogen (secondary N) is 1. The summed E-state index contributed by atoms with van der Waals surface area (Å²) >= 11 is 1.28. The first-order chi connectivity index (χ1) is 8.61. The van der Waals surface area contributed by atoms with Gasteiger partial charge in [-0.2, -0.15) is 0 Å². The summed E-state index contributed by atoms with van der Waals surface area (Å²) in [5.74, 6) is 0.464. The highest BCUT2D eigenvalue weighted by atomic mass is 32.1. The van der Waals surface area contributed by atoms with Crippen molar-refractivity contribution in [1.82, 2.24) is 4.98 Å². The molecule has 2 aromatic heterocycles. The number of aromatic nitrogens is 1. The third-order valence-corrected chi connectivity index (χ3v) is 3.55. The second-order valence-electron chi connectivity index (χ2n) is 3.81. The Hall–Kier alpha value is -1.82. The summed E-state index contributed by atoms with van der Waals surface area (Å²) in [6, 6.07) is 3.72. The van der Waals surface area contributed by atoms with Crippen molar-refractivity contribution in [3.8, 4) is 0 Å². The van der Waals surface area contributed by atoms with Gasteiger partial charge in [0.2, 0.25) is 0 Å². The van der Waals surface area contributed by atoms with E-state index in [4.69, 9.17) is 9.15 Å². The predicted octanol–water partition coefficient (Wildman–Crippen LogP) is 3.00. The molecule has 18 heavy (non-hydrogen) atoms. The van der Waals surface area contributed by atoms with Crippen LogP contribution in [-0.4, -0.2) is 18.1 Å². The lowest BCUT2D eigenvalue weighted by Gasteiger charge is -2.09. The van der Waals surface area contributed by atoms with Crippen molar-refractivity contribution in [1.29, 1.82) is 0 Å². The number of thiazole rings is 1. The van der Waals surface area contributed by atoms with E-state index in [2.05, 4.69) is 10.3 Å². The molecule has 0 aliphatic carbocycles. The maximum atomic E-state index is 11.5. The zero-order valence-corrected chi connectivity index (χ0v) is 11.2. The Morgan fingerprint density at radius 1 is 1.61 bits per heavy atom. The van der Waals surface area contributed by atoms with Crippen LogP contribution in [0.25, 0.3) is 0 Å². The fourth-order valence-electron chi connectivity index (χ4n) is 1.53. The molecule has 5 nitrogen and oxygen atoms in total. The first-order valence-corrected chi connectivity index (χ1v) is 6.29. The average molecular weight is 266 g/mol. The minimum Gasteiger partial charge on any atom is -0.467 e. The highest BCUT2D eigenvalue weighted by Gasteiger charge is 2.17. The molecule has 2 rings (SSSR count). The third kappa shape index (κ3) is 2.53. The summed E-state index contributed by atoms with van der Waals surface area (Å²) in [4.78, 5) is 16.3. The molecule has 0 fully saturated rings. The van der Waals surface area contributed by atoms with Crippen molar-refractivity contribution in [2.45, 2.75) is 19.9 Å². The number of carbonyl (C=O) groups excluding carboxylic acids is 1.